The van der Waals surface area contributed by atoms with Crippen LogP contribution >= 0.6 is 0 Å². The van der Waals surface area contributed by atoms with Gasteiger partial charge in [0, 0.05) is 24.1 Å². The zero-order chi connectivity index (χ0) is 10.4. The number of aromatic nitrogens is 1. The van der Waals surface area contributed by atoms with Crippen LogP contribution in [0, 0.1) is 6.92 Å². The summed E-state index contributed by atoms with van der Waals surface area (Å²) in [6.45, 7) is 4.62. The van der Waals surface area contributed by atoms with Crippen molar-refractivity contribution in [2.75, 3.05) is 13.2 Å². The van der Waals surface area contributed by atoms with Gasteiger partial charge >= 0.3 is 0 Å². The molecule has 0 atom stereocenters. The van der Waals surface area contributed by atoms with Crippen LogP contribution in [0.4, 0.5) is 0 Å². The topological polar surface area (TPSA) is 39.2 Å². The van der Waals surface area contributed by atoms with Crippen molar-refractivity contribution in [2.45, 2.75) is 20.3 Å². The molecule has 1 aromatic rings. The number of hydrogen-bond acceptors (Lipinski definition) is 3. The van der Waals surface area contributed by atoms with E-state index in [1.54, 1.807) is 18.3 Å². The van der Waals surface area contributed by atoms with Gasteiger partial charge in [-0.3, -0.25) is 9.78 Å². The summed E-state index contributed by atoms with van der Waals surface area (Å²) in [4.78, 5) is 15.6. The molecule has 3 heteroatoms. The average molecular weight is 193 g/mol. The molecule has 0 saturated heterocycles. The minimum Gasteiger partial charge on any atom is -0.373 e. The van der Waals surface area contributed by atoms with E-state index in [4.69, 9.17) is 4.74 Å². The van der Waals surface area contributed by atoms with E-state index in [0.29, 0.717) is 12.2 Å². The van der Waals surface area contributed by atoms with Crippen molar-refractivity contribution < 1.29 is 9.53 Å². The Morgan fingerprint density at radius 1 is 1.57 bits per heavy atom. The molecule has 0 aromatic carbocycles. The summed E-state index contributed by atoms with van der Waals surface area (Å²) in [5.74, 6) is 0.00375. The first-order chi connectivity index (χ1) is 6.75. The number of hydrogen-bond donors (Lipinski definition) is 0. The number of rotatable bonds is 5. The van der Waals surface area contributed by atoms with E-state index in [2.05, 4.69) is 4.98 Å². The number of pyridine rings is 1. The Bertz CT molecular complexity index is 310. The van der Waals surface area contributed by atoms with E-state index in [1.807, 2.05) is 13.8 Å². The highest BCUT2D eigenvalue weighted by Crippen LogP contribution is 2.04. The summed E-state index contributed by atoms with van der Waals surface area (Å²) < 4.78 is 5.18. The van der Waals surface area contributed by atoms with Crippen LogP contribution in [-0.4, -0.2) is 24.0 Å². The molecule has 1 heterocycles. The third kappa shape index (κ3) is 2.92. The maximum absolute atomic E-state index is 11.6. The molecule has 0 aliphatic heterocycles. The summed E-state index contributed by atoms with van der Waals surface area (Å²) >= 11 is 0. The number of Topliss-reactive ketones (excluding diaryl/α,β-unsaturated/α-hetero) is 1. The van der Waals surface area contributed by atoms with Gasteiger partial charge in [-0.1, -0.05) is 6.92 Å². The van der Waals surface area contributed by atoms with Crippen molar-refractivity contribution >= 4 is 5.78 Å². The zero-order valence-corrected chi connectivity index (χ0v) is 8.62. The number of ether oxygens (including phenoxy) is 1. The van der Waals surface area contributed by atoms with Crippen LogP contribution < -0.4 is 0 Å². The smallest absolute Gasteiger partial charge is 0.190 e. The van der Waals surface area contributed by atoms with Gasteiger partial charge in [0.2, 0.25) is 0 Å². The highest BCUT2D eigenvalue weighted by Gasteiger charge is 2.08. The lowest BCUT2D eigenvalue weighted by Crippen LogP contribution is -2.11. The molecule has 0 amide bonds. The molecule has 0 N–H and O–H groups in total. The summed E-state index contributed by atoms with van der Waals surface area (Å²) in [6, 6.07) is 3.54. The molecular weight excluding hydrogens is 178 g/mol. The van der Waals surface area contributed by atoms with Gasteiger partial charge in [-0.25, -0.2) is 0 Å². The highest BCUT2D eigenvalue weighted by molar-refractivity contribution is 5.97. The first kappa shape index (κ1) is 10.9. The first-order valence-electron chi connectivity index (χ1n) is 4.78. The maximum Gasteiger partial charge on any atom is 0.190 e. The third-order valence-electron chi connectivity index (χ3n) is 1.89. The van der Waals surface area contributed by atoms with Crippen molar-refractivity contribution in [1.82, 2.24) is 4.98 Å². The predicted octanol–water partition coefficient (Wildman–Crippen LogP) is 2.00. The van der Waals surface area contributed by atoms with Gasteiger partial charge < -0.3 is 4.74 Å². The van der Waals surface area contributed by atoms with E-state index in [1.165, 1.54) is 0 Å². The average Bonchev–Trinajstić information content (AvgIpc) is 2.18. The number of ketones is 1. The van der Waals surface area contributed by atoms with E-state index in [9.17, 15) is 4.79 Å². The van der Waals surface area contributed by atoms with E-state index in [-0.39, 0.29) is 12.4 Å². The molecule has 0 radical (unpaired) electrons. The quantitative estimate of drug-likeness (QED) is 0.530. The fraction of sp³-hybridized carbons (Fsp3) is 0.455. The number of carbonyl (C=O) groups is 1. The molecule has 76 valence electrons. The van der Waals surface area contributed by atoms with Crippen LogP contribution in [-0.2, 0) is 4.74 Å². The minimum atomic E-state index is 0.00375. The SMILES string of the molecule is CCCOCC(=O)c1cccnc1C. The molecule has 0 aliphatic carbocycles. The molecule has 3 nitrogen and oxygen atoms in total. The minimum absolute atomic E-state index is 0.00375. The predicted molar refractivity (Wildman–Crippen MR) is 54.4 cm³/mol. The van der Waals surface area contributed by atoms with Gasteiger partial charge in [0.1, 0.15) is 6.61 Å². The first-order valence-corrected chi connectivity index (χ1v) is 4.78. The fourth-order valence-corrected chi connectivity index (χ4v) is 1.17. The van der Waals surface area contributed by atoms with Crippen LogP contribution in [0.3, 0.4) is 0 Å². The summed E-state index contributed by atoms with van der Waals surface area (Å²) in [7, 11) is 0. The number of aryl methyl sites for hydroxylation is 1. The van der Waals surface area contributed by atoms with Crippen molar-refractivity contribution in [3.8, 4) is 0 Å². The lowest BCUT2D eigenvalue weighted by molar-refractivity contribution is 0.0760. The van der Waals surface area contributed by atoms with Crippen molar-refractivity contribution in [3.63, 3.8) is 0 Å². The Morgan fingerprint density at radius 2 is 2.36 bits per heavy atom. The van der Waals surface area contributed by atoms with Gasteiger partial charge in [-0.05, 0) is 25.5 Å². The molecule has 1 aromatic heterocycles. The Hall–Kier alpha value is -1.22. The van der Waals surface area contributed by atoms with Gasteiger partial charge in [0.25, 0.3) is 0 Å². The Balaban J connectivity index is 2.56. The van der Waals surface area contributed by atoms with Gasteiger partial charge in [0.05, 0.1) is 0 Å². The number of carbonyl (C=O) groups excluding carboxylic acids is 1. The monoisotopic (exact) mass is 193 g/mol. The van der Waals surface area contributed by atoms with Crippen molar-refractivity contribution in [1.29, 1.82) is 0 Å². The molecule has 0 spiro atoms. The lowest BCUT2D eigenvalue weighted by atomic mass is 10.1. The van der Waals surface area contributed by atoms with E-state index in [0.717, 1.165) is 12.1 Å². The summed E-state index contributed by atoms with van der Waals surface area (Å²) in [5, 5.41) is 0. The Kier molecular flexibility index (Phi) is 4.26. The molecular formula is C11H15NO2. The Morgan fingerprint density at radius 3 is 3.00 bits per heavy atom. The molecule has 0 saturated carbocycles. The molecule has 14 heavy (non-hydrogen) atoms. The largest absolute Gasteiger partial charge is 0.373 e. The third-order valence-corrected chi connectivity index (χ3v) is 1.89. The summed E-state index contributed by atoms with van der Waals surface area (Å²) in [5.41, 5.74) is 1.42. The second kappa shape index (κ2) is 5.50. The van der Waals surface area contributed by atoms with E-state index < -0.39 is 0 Å². The molecule has 0 unspecified atom stereocenters. The van der Waals surface area contributed by atoms with Crippen molar-refractivity contribution in [3.05, 3.63) is 29.6 Å². The van der Waals surface area contributed by atoms with Gasteiger partial charge in [-0.2, -0.15) is 0 Å². The zero-order valence-electron chi connectivity index (χ0n) is 8.62. The standard InChI is InChI=1S/C11H15NO2/c1-3-7-14-8-11(13)10-5-4-6-12-9(10)2/h4-6H,3,7-8H2,1-2H3. The van der Waals surface area contributed by atoms with Crippen molar-refractivity contribution in [2.24, 2.45) is 0 Å². The second-order valence-electron chi connectivity index (χ2n) is 3.11. The van der Waals surface area contributed by atoms with Crippen LogP contribution in [0.1, 0.15) is 29.4 Å². The van der Waals surface area contributed by atoms with Crippen LogP contribution in [0.25, 0.3) is 0 Å². The van der Waals surface area contributed by atoms with Crippen LogP contribution in [0.5, 0.6) is 0 Å². The van der Waals surface area contributed by atoms with Crippen LogP contribution in [0.2, 0.25) is 0 Å². The highest BCUT2D eigenvalue weighted by atomic mass is 16.5. The van der Waals surface area contributed by atoms with Crippen LogP contribution in [0.15, 0.2) is 18.3 Å². The summed E-state index contributed by atoms with van der Waals surface area (Å²) in [6.07, 6.45) is 2.61. The maximum atomic E-state index is 11.6. The molecule has 0 aliphatic rings. The molecule has 0 fully saturated rings. The lowest BCUT2D eigenvalue weighted by Gasteiger charge is -2.03. The number of nitrogens with zero attached hydrogens (tertiary/aromatic N) is 1. The molecule has 1 rings (SSSR count). The second-order valence-corrected chi connectivity index (χ2v) is 3.11. The Labute approximate surface area is 84.1 Å². The normalized spacial score (nSPS) is 10.1. The molecule has 0 bridgehead atoms. The fourth-order valence-electron chi connectivity index (χ4n) is 1.17. The van der Waals surface area contributed by atoms with Gasteiger partial charge in [-0.15, -0.1) is 0 Å². The van der Waals surface area contributed by atoms with E-state index >= 15 is 0 Å². The van der Waals surface area contributed by atoms with Gasteiger partial charge in [0.15, 0.2) is 5.78 Å².